The average Bonchev–Trinajstić information content (AvgIpc) is 2.45. The lowest BCUT2D eigenvalue weighted by molar-refractivity contribution is -0.151. The molecule has 0 aromatic carbocycles. The highest BCUT2D eigenvalue weighted by molar-refractivity contribution is 4.83. The standard InChI is InChI=1S/C10H18O2/c1-7(2)9-6-12-10-8(9)4-3-5-11-10/h7-10H,3-6H2,1-2H3/i7D. The first-order chi connectivity index (χ1) is 6.09. The third-order valence-electron chi connectivity index (χ3n) is 3.01. The van der Waals surface area contributed by atoms with Crippen molar-refractivity contribution >= 4 is 0 Å². The van der Waals surface area contributed by atoms with Crippen molar-refractivity contribution in [1.82, 2.24) is 0 Å². The zero-order chi connectivity index (χ0) is 9.47. The van der Waals surface area contributed by atoms with E-state index in [1.54, 1.807) is 0 Å². The van der Waals surface area contributed by atoms with Crippen LogP contribution in [-0.4, -0.2) is 19.5 Å². The Hall–Kier alpha value is -0.0800. The molecular weight excluding hydrogens is 152 g/mol. The summed E-state index contributed by atoms with van der Waals surface area (Å²) in [4.78, 5) is 0. The Bertz CT molecular complexity index is 188. The van der Waals surface area contributed by atoms with Crippen molar-refractivity contribution in [3.63, 3.8) is 0 Å². The van der Waals surface area contributed by atoms with Crippen molar-refractivity contribution in [2.75, 3.05) is 13.2 Å². The van der Waals surface area contributed by atoms with Crippen LogP contribution in [0.5, 0.6) is 0 Å². The van der Waals surface area contributed by atoms with Crippen molar-refractivity contribution in [3.05, 3.63) is 0 Å². The van der Waals surface area contributed by atoms with Gasteiger partial charge in [-0.25, -0.2) is 0 Å². The first-order valence-corrected chi connectivity index (χ1v) is 4.82. The van der Waals surface area contributed by atoms with E-state index in [1.807, 2.05) is 13.8 Å². The molecule has 12 heavy (non-hydrogen) atoms. The van der Waals surface area contributed by atoms with Crippen LogP contribution in [0.15, 0.2) is 0 Å². The predicted molar refractivity (Wildman–Crippen MR) is 46.7 cm³/mol. The molecule has 3 atom stereocenters. The molecule has 0 radical (unpaired) electrons. The van der Waals surface area contributed by atoms with Crippen LogP contribution < -0.4 is 0 Å². The lowest BCUT2D eigenvalue weighted by Crippen LogP contribution is -2.30. The van der Waals surface area contributed by atoms with E-state index < -0.39 is 0 Å². The molecule has 0 bridgehead atoms. The Labute approximate surface area is 75.6 Å². The van der Waals surface area contributed by atoms with Crippen molar-refractivity contribution in [2.45, 2.75) is 33.0 Å². The Morgan fingerprint density at radius 1 is 1.42 bits per heavy atom. The van der Waals surface area contributed by atoms with Gasteiger partial charge in [-0.05, 0) is 24.7 Å². The van der Waals surface area contributed by atoms with E-state index in [0.29, 0.717) is 18.4 Å². The summed E-state index contributed by atoms with van der Waals surface area (Å²) in [5, 5.41) is 0. The number of ether oxygens (including phenoxy) is 2. The molecule has 0 aromatic heterocycles. The molecule has 2 heterocycles. The maximum absolute atomic E-state index is 8.02. The van der Waals surface area contributed by atoms with Crippen molar-refractivity contribution in [1.29, 1.82) is 0 Å². The molecule has 2 aliphatic heterocycles. The van der Waals surface area contributed by atoms with E-state index in [2.05, 4.69) is 0 Å². The third kappa shape index (κ3) is 1.38. The Kier molecular flexibility index (Phi) is 2.05. The maximum atomic E-state index is 8.02. The fourth-order valence-corrected chi connectivity index (χ4v) is 2.26. The molecule has 0 aromatic rings. The first-order valence-electron chi connectivity index (χ1n) is 5.32. The number of rotatable bonds is 1. The molecule has 70 valence electrons. The summed E-state index contributed by atoms with van der Waals surface area (Å²) in [5.41, 5.74) is 0. The predicted octanol–water partition coefficient (Wildman–Crippen LogP) is 2.04. The van der Waals surface area contributed by atoms with Crippen molar-refractivity contribution < 1.29 is 10.8 Å². The summed E-state index contributed by atoms with van der Waals surface area (Å²) in [7, 11) is 0. The minimum atomic E-state index is -0.389. The van der Waals surface area contributed by atoms with Crippen LogP contribution in [0.3, 0.4) is 0 Å². The Morgan fingerprint density at radius 3 is 3.00 bits per heavy atom. The molecule has 2 nitrogen and oxygen atoms in total. The van der Waals surface area contributed by atoms with Crippen LogP contribution in [0.1, 0.15) is 28.1 Å². The number of fused-ring (bicyclic) bond motifs is 1. The lowest BCUT2D eigenvalue weighted by Gasteiger charge is -2.28. The van der Waals surface area contributed by atoms with Gasteiger partial charge < -0.3 is 9.47 Å². The molecular formula is C10H18O2. The van der Waals surface area contributed by atoms with Gasteiger partial charge in [0.1, 0.15) is 0 Å². The molecule has 0 amide bonds. The summed E-state index contributed by atoms with van der Waals surface area (Å²) >= 11 is 0. The van der Waals surface area contributed by atoms with Crippen LogP contribution >= 0.6 is 0 Å². The van der Waals surface area contributed by atoms with Crippen LogP contribution in [0.25, 0.3) is 0 Å². The minimum Gasteiger partial charge on any atom is -0.352 e. The summed E-state index contributed by atoms with van der Waals surface area (Å²) in [6.45, 7) is 5.47. The molecule has 3 unspecified atom stereocenters. The Balaban J connectivity index is 2.07. The second-order valence-electron chi connectivity index (χ2n) is 4.06. The molecule has 2 aliphatic rings. The van der Waals surface area contributed by atoms with Crippen LogP contribution in [0.2, 0.25) is 0 Å². The molecule has 2 fully saturated rings. The van der Waals surface area contributed by atoms with E-state index in [-0.39, 0.29) is 12.2 Å². The van der Waals surface area contributed by atoms with Crippen molar-refractivity contribution in [3.8, 4) is 0 Å². The fourth-order valence-electron chi connectivity index (χ4n) is 2.26. The third-order valence-corrected chi connectivity index (χ3v) is 3.01. The van der Waals surface area contributed by atoms with Gasteiger partial charge in [0.05, 0.1) is 6.61 Å². The largest absolute Gasteiger partial charge is 0.352 e. The zero-order valence-corrected chi connectivity index (χ0v) is 7.88. The van der Waals surface area contributed by atoms with Gasteiger partial charge in [-0.1, -0.05) is 13.8 Å². The quantitative estimate of drug-likeness (QED) is 0.601. The van der Waals surface area contributed by atoms with Gasteiger partial charge in [0.25, 0.3) is 0 Å². The molecule has 2 rings (SSSR count). The zero-order valence-electron chi connectivity index (χ0n) is 8.88. The molecule has 0 spiro atoms. The minimum absolute atomic E-state index is 0.0108. The summed E-state index contributed by atoms with van der Waals surface area (Å²) in [5.74, 6) is 0.416. The molecule has 2 saturated heterocycles. The Morgan fingerprint density at radius 2 is 2.25 bits per heavy atom. The van der Waals surface area contributed by atoms with Gasteiger partial charge in [0.2, 0.25) is 0 Å². The van der Waals surface area contributed by atoms with Crippen LogP contribution in [-0.2, 0) is 9.47 Å². The van der Waals surface area contributed by atoms with Gasteiger partial charge in [0, 0.05) is 13.9 Å². The van der Waals surface area contributed by atoms with E-state index in [4.69, 9.17) is 10.8 Å². The van der Waals surface area contributed by atoms with Gasteiger partial charge in [0.15, 0.2) is 6.29 Å². The average molecular weight is 171 g/mol. The van der Waals surface area contributed by atoms with E-state index in [0.717, 1.165) is 19.4 Å². The monoisotopic (exact) mass is 171 g/mol. The summed E-state index contributed by atoms with van der Waals surface area (Å²) in [6.07, 6.45) is 2.28. The summed E-state index contributed by atoms with van der Waals surface area (Å²) in [6, 6.07) is 0. The molecule has 2 heteroatoms. The normalized spacial score (nSPS) is 43.8. The highest BCUT2D eigenvalue weighted by Gasteiger charge is 2.40. The highest BCUT2D eigenvalue weighted by Crippen LogP contribution is 2.38. The van der Waals surface area contributed by atoms with Gasteiger partial charge >= 0.3 is 0 Å². The van der Waals surface area contributed by atoms with Crippen LogP contribution in [0.4, 0.5) is 0 Å². The van der Waals surface area contributed by atoms with E-state index in [1.165, 1.54) is 0 Å². The van der Waals surface area contributed by atoms with Crippen LogP contribution in [0, 0.1) is 17.7 Å². The van der Waals surface area contributed by atoms with Gasteiger partial charge in [-0.3, -0.25) is 0 Å². The second kappa shape index (κ2) is 3.35. The SMILES string of the molecule is [2H]C(C)(C)C1COC2OCCCC21. The van der Waals surface area contributed by atoms with E-state index >= 15 is 0 Å². The maximum Gasteiger partial charge on any atom is 0.160 e. The summed E-state index contributed by atoms with van der Waals surface area (Å²) < 4.78 is 19.1. The fraction of sp³-hybridized carbons (Fsp3) is 1.00. The number of hydrogen-bond donors (Lipinski definition) is 0. The van der Waals surface area contributed by atoms with Crippen molar-refractivity contribution in [2.24, 2.45) is 17.7 Å². The lowest BCUT2D eigenvalue weighted by atomic mass is 9.82. The van der Waals surface area contributed by atoms with Gasteiger partial charge in [-0.15, -0.1) is 0 Å². The highest BCUT2D eigenvalue weighted by atomic mass is 16.7. The second-order valence-corrected chi connectivity index (χ2v) is 4.06. The number of hydrogen-bond acceptors (Lipinski definition) is 2. The molecule has 0 saturated carbocycles. The first kappa shape index (κ1) is 7.34. The smallest absolute Gasteiger partial charge is 0.160 e. The molecule has 0 N–H and O–H groups in total. The topological polar surface area (TPSA) is 18.5 Å². The molecule has 0 aliphatic carbocycles. The van der Waals surface area contributed by atoms with Gasteiger partial charge in [-0.2, -0.15) is 0 Å². The van der Waals surface area contributed by atoms with E-state index in [9.17, 15) is 0 Å².